The molecule has 1 aliphatic heterocycles. The highest BCUT2D eigenvalue weighted by molar-refractivity contribution is 5.92. The first-order valence-corrected chi connectivity index (χ1v) is 11.0. The summed E-state index contributed by atoms with van der Waals surface area (Å²) in [6.07, 6.45) is 7.49. The summed E-state index contributed by atoms with van der Waals surface area (Å²) in [5, 5.41) is 11.2. The van der Waals surface area contributed by atoms with Crippen LogP contribution >= 0.6 is 0 Å². The van der Waals surface area contributed by atoms with Crippen molar-refractivity contribution in [1.29, 1.82) is 0 Å². The zero-order valence-corrected chi connectivity index (χ0v) is 18.1. The van der Waals surface area contributed by atoms with Gasteiger partial charge in [-0.3, -0.25) is 19.3 Å². The molecule has 4 rings (SSSR count). The van der Waals surface area contributed by atoms with Crippen LogP contribution in [0.25, 0.3) is 11.4 Å². The van der Waals surface area contributed by atoms with Crippen LogP contribution in [-0.4, -0.2) is 61.3 Å². The van der Waals surface area contributed by atoms with E-state index in [1.165, 1.54) is 0 Å². The number of amides is 2. The topological polar surface area (TPSA) is 119 Å². The number of carbonyl (C=O) groups is 2. The first-order chi connectivity index (χ1) is 15.7. The lowest BCUT2D eigenvalue weighted by atomic mass is 9.99. The Morgan fingerprint density at radius 3 is 2.97 bits per heavy atom. The van der Waals surface area contributed by atoms with Gasteiger partial charge >= 0.3 is 0 Å². The summed E-state index contributed by atoms with van der Waals surface area (Å²) in [6, 6.07) is 5.42. The number of nitrogens with one attached hydrogen (secondary N) is 1. The minimum atomic E-state index is -0.107. The maximum atomic E-state index is 13.1. The Labute approximate surface area is 186 Å². The zero-order chi connectivity index (χ0) is 22.3. The van der Waals surface area contributed by atoms with Gasteiger partial charge in [-0.15, -0.1) is 0 Å². The van der Waals surface area contributed by atoms with Crippen molar-refractivity contribution < 1.29 is 14.1 Å². The summed E-state index contributed by atoms with van der Waals surface area (Å²) in [5.41, 5.74) is 1.33. The molecule has 0 aromatic carbocycles. The molecule has 3 aromatic rings. The van der Waals surface area contributed by atoms with Crippen molar-refractivity contribution in [2.75, 3.05) is 19.6 Å². The second-order valence-electron chi connectivity index (χ2n) is 7.75. The quantitative estimate of drug-likeness (QED) is 0.665. The molecule has 1 atom stereocenters. The summed E-state index contributed by atoms with van der Waals surface area (Å²) in [5.74, 6) is 0.846. The first kappa shape index (κ1) is 21.7. The van der Waals surface area contributed by atoms with Crippen LogP contribution in [0.4, 0.5) is 0 Å². The molecule has 1 aliphatic rings. The first-order valence-electron chi connectivity index (χ1n) is 11.0. The molecule has 0 aliphatic carbocycles. The van der Waals surface area contributed by atoms with Gasteiger partial charge in [0.05, 0.1) is 0 Å². The second-order valence-corrected chi connectivity index (χ2v) is 7.75. The molecule has 1 N–H and O–H groups in total. The largest absolute Gasteiger partial charge is 0.356 e. The van der Waals surface area contributed by atoms with Crippen molar-refractivity contribution in [3.8, 4) is 11.4 Å². The number of nitrogens with zero attached hydrogens (tertiary/aromatic N) is 6. The molecule has 10 nitrogen and oxygen atoms in total. The fraction of sp³-hybridized carbons (Fsp3) is 0.455. The molecule has 10 heteroatoms. The minimum Gasteiger partial charge on any atom is -0.356 e. The van der Waals surface area contributed by atoms with Gasteiger partial charge < -0.3 is 14.7 Å². The summed E-state index contributed by atoms with van der Waals surface area (Å²) < 4.78 is 7.23. The molecule has 1 fully saturated rings. The smallest absolute Gasteiger partial charge is 0.272 e. The fourth-order valence-electron chi connectivity index (χ4n) is 3.89. The summed E-state index contributed by atoms with van der Waals surface area (Å²) in [6.45, 7) is 3.99. The van der Waals surface area contributed by atoms with E-state index in [1.807, 2.05) is 19.1 Å². The molecule has 4 heterocycles. The van der Waals surface area contributed by atoms with Gasteiger partial charge in [-0.1, -0.05) is 5.16 Å². The maximum Gasteiger partial charge on any atom is 0.272 e. The zero-order valence-electron chi connectivity index (χ0n) is 18.1. The average molecular weight is 438 g/mol. The Kier molecular flexibility index (Phi) is 6.88. The normalized spacial score (nSPS) is 18.1. The molecule has 1 saturated heterocycles. The highest BCUT2D eigenvalue weighted by atomic mass is 16.5. The molecular weight excluding hydrogens is 410 g/mol. The van der Waals surface area contributed by atoms with Crippen LogP contribution in [0.5, 0.6) is 0 Å². The predicted octanol–water partition coefficient (Wildman–Crippen LogP) is 2.26. The number of aromatic nitrogens is 5. The number of rotatable bonds is 4. The summed E-state index contributed by atoms with van der Waals surface area (Å²) in [7, 11) is 0. The van der Waals surface area contributed by atoms with Gasteiger partial charge in [0.15, 0.2) is 0 Å². The lowest BCUT2D eigenvalue weighted by Gasteiger charge is -2.23. The van der Waals surface area contributed by atoms with E-state index >= 15 is 0 Å². The third-order valence-corrected chi connectivity index (χ3v) is 5.64. The van der Waals surface area contributed by atoms with Crippen molar-refractivity contribution in [1.82, 2.24) is 35.1 Å². The minimum absolute atomic E-state index is 0.00977. The van der Waals surface area contributed by atoms with Crippen LogP contribution in [0.15, 0.2) is 41.3 Å². The van der Waals surface area contributed by atoms with Gasteiger partial charge in [0.2, 0.25) is 17.6 Å². The van der Waals surface area contributed by atoms with Gasteiger partial charge in [0.1, 0.15) is 5.69 Å². The summed E-state index contributed by atoms with van der Waals surface area (Å²) >= 11 is 0. The van der Waals surface area contributed by atoms with Gasteiger partial charge in [-0.2, -0.15) is 10.1 Å². The van der Waals surface area contributed by atoms with Crippen molar-refractivity contribution in [2.45, 2.75) is 45.1 Å². The Morgan fingerprint density at radius 1 is 1.25 bits per heavy atom. The summed E-state index contributed by atoms with van der Waals surface area (Å²) in [4.78, 5) is 35.8. The number of hydrogen-bond donors (Lipinski definition) is 1. The van der Waals surface area contributed by atoms with Crippen molar-refractivity contribution in [2.24, 2.45) is 0 Å². The highest BCUT2D eigenvalue weighted by Crippen LogP contribution is 2.26. The van der Waals surface area contributed by atoms with Gasteiger partial charge in [0.25, 0.3) is 5.91 Å². The fourth-order valence-corrected chi connectivity index (χ4v) is 3.89. The molecule has 3 aromatic heterocycles. The van der Waals surface area contributed by atoms with E-state index in [-0.39, 0.29) is 24.2 Å². The number of carbonyl (C=O) groups excluding carboxylic acids is 2. The SMILES string of the molecule is CCn1nccc1C(=O)N1CCCC(c2nc(-c3cccnc3)no2)CCNC(=O)CC1. The number of pyridine rings is 1. The van der Waals surface area contributed by atoms with Gasteiger partial charge in [0, 0.05) is 62.7 Å². The van der Waals surface area contributed by atoms with Crippen LogP contribution in [0, 0.1) is 0 Å². The third kappa shape index (κ3) is 5.01. The van der Waals surface area contributed by atoms with Crippen LogP contribution in [0.1, 0.15) is 54.9 Å². The molecule has 32 heavy (non-hydrogen) atoms. The average Bonchev–Trinajstić information content (AvgIpc) is 3.49. The highest BCUT2D eigenvalue weighted by Gasteiger charge is 2.24. The molecule has 168 valence electrons. The van der Waals surface area contributed by atoms with E-state index in [0.717, 1.165) is 18.4 Å². The van der Waals surface area contributed by atoms with Crippen molar-refractivity contribution in [3.05, 3.63) is 48.4 Å². The Hall–Kier alpha value is -3.56. The van der Waals surface area contributed by atoms with E-state index in [2.05, 4.69) is 25.5 Å². The van der Waals surface area contributed by atoms with Gasteiger partial charge in [-0.05, 0) is 44.4 Å². The van der Waals surface area contributed by atoms with E-state index in [4.69, 9.17) is 4.52 Å². The predicted molar refractivity (Wildman–Crippen MR) is 116 cm³/mol. The van der Waals surface area contributed by atoms with Crippen molar-refractivity contribution >= 4 is 11.8 Å². The Morgan fingerprint density at radius 2 is 2.16 bits per heavy atom. The molecule has 0 radical (unpaired) electrons. The molecule has 0 bridgehead atoms. The van der Waals surface area contributed by atoms with E-state index in [1.54, 1.807) is 34.2 Å². The lowest BCUT2D eigenvalue weighted by Crippen LogP contribution is -2.36. The van der Waals surface area contributed by atoms with Crippen molar-refractivity contribution in [3.63, 3.8) is 0 Å². The van der Waals surface area contributed by atoms with E-state index in [0.29, 0.717) is 50.0 Å². The molecule has 1 unspecified atom stereocenters. The maximum absolute atomic E-state index is 13.1. The number of aryl methyl sites for hydroxylation is 1. The van der Waals surface area contributed by atoms with Crippen LogP contribution < -0.4 is 5.32 Å². The molecule has 2 amide bonds. The van der Waals surface area contributed by atoms with Gasteiger partial charge in [-0.25, -0.2) is 0 Å². The molecule has 0 saturated carbocycles. The Bertz CT molecular complexity index is 1050. The standard InChI is InChI=1S/C22H27N7O3/c1-2-29-18(8-12-25-29)22(31)28-13-4-6-16(7-11-24-19(30)9-14-28)21-26-20(27-32-21)17-5-3-10-23-15-17/h3,5,8,10,12,15-16H,2,4,6-7,9,11,13-14H2,1H3,(H,24,30). The monoisotopic (exact) mass is 437 g/mol. The molecular formula is C22H27N7O3. The van der Waals surface area contributed by atoms with Crippen LogP contribution in [-0.2, 0) is 11.3 Å². The number of hydrogen-bond acceptors (Lipinski definition) is 7. The van der Waals surface area contributed by atoms with Crippen LogP contribution in [0.2, 0.25) is 0 Å². The second kappa shape index (κ2) is 10.2. The van der Waals surface area contributed by atoms with E-state index in [9.17, 15) is 9.59 Å². The van der Waals surface area contributed by atoms with E-state index < -0.39 is 0 Å². The lowest BCUT2D eigenvalue weighted by molar-refractivity contribution is -0.121. The third-order valence-electron chi connectivity index (χ3n) is 5.64. The Balaban J connectivity index is 1.48. The molecule has 0 spiro atoms. The van der Waals surface area contributed by atoms with Crippen LogP contribution in [0.3, 0.4) is 0 Å².